The molecule has 0 aromatic heterocycles. The number of fused-ring (bicyclic) bond motifs is 1. The maximum atomic E-state index is 14.8. The van der Waals surface area contributed by atoms with Crippen LogP contribution in [-0.2, 0) is 38.6 Å². The van der Waals surface area contributed by atoms with Gasteiger partial charge in [0.05, 0.1) is 12.7 Å². The molecule has 1 amide bonds. The minimum atomic E-state index is -4.75. The lowest BCUT2D eigenvalue weighted by molar-refractivity contribution is -0.138. The lowest BCUT2D eigenvalue weighted by Crippen LogP contribution is -2.46. The van der Waals surface area contributed by atoms with Crippen molar-refractivity contribution in [1.82, 2.24) is 0 Å². The Kier molecular flexibility index (Phi) is 11.0. The third kappa shape index (κ3) is 8.84. The molecule has 3 aromatic rings. The van der Waals surface area contributed by atoms with Crippen LogP contribution >= 0.6 is 7.82 Å². The lowest BCUT2D eigenvalue weighted by atomic mass is 9.65. The fourth-order valence-corrected chi connectivity index (χ4v) is 8.76. The highest BCUT2D eigenvalue weighted by atomic mass is 31.2. The molecule has 0 aliphatic heterocycles. The fraction of sp³-hybridized carbons (Fsp3) is 0.553. The van der Waals surface area contributed by atoms with Gasteiger partial charge in [0, 0.05) is 5.92 Å². The van der Waals surface area contributed by atoms with Crippen LogP contribution in [0.1, 0.15) is 108 Å². The molecule has 5 rings (SSSR count). The van der Waals surface area contributed by atoms with Crippen molar-refractivity contribution in [3.8, 4) is 5.75 Å². The highest BCUT2D eigenvalue weighted by Gasteiger charge is 2.47. The van der Waals surface area contributed by atoms with Crippen LogP contribution in [0.5, 0.6) is 5.75 Å². The molecule has 8 nitrogen and oxygen atoms in total. The molecular weight excluding hydrogens is 670 g/mol. The fourth-order valence-electron chi connectivity index (χ4n) is 8.45. The summed E-state index contributed by atoms with van der Waals surface area (Å²) in [6.45, 7) is 7.18. The first-order chi connectivity index (χ1) is 23.3. The normalized spacial score (nSPS) is 19.2. The number of halogens is 3. The Balaban J connectivity index is 1.51. The van der Waals surface area contributed by atoms with E-state index in [1.807, 2.05) is 20.8 Å². The Hall–Kier alpha value is -3.11. The third-order valence-electron chi connectivity index (χ3n) is 11.0. The van der Waals surface area contributed by atoms with Gasteiger partial charge in [0.15, 0.2) is 0 Å². The number of carbonyl (C=O) groups is 1. The minimum absolute atomic E-state index is 0.0213. The van der Waals surface area contributed by atoms with Gasteiger partial charge in [-0.2, -0.15) is 13.2 Å². The van der Waals surface area contributed by atoms with Crippen LogP contribution < -0.4 is 10.5 Å². The molecule has 1 unspecified atom stereocenters. The average molecular weight is 720 g/mol. The second kappa shape index (κ2) is 14.5. The van der Waals surface area contributed by atoms with Gasteiger partial charge in [-0.1, -0.05) is 82.5 Å². The predicted octanol–water partition coefficient (Wildman–Crippen LogP) is 9.96. The Morgan fingerprint density at radius 1 is 0.940 bits per heavy atom. The zero-order valence-electron chi connectivity index (χ0n) is 29.2. The molecule has 2 saturated carbocycles. The molecule has 12 heteroatoms. The van der Waals surface area contributed by atoms with E-state index in [2.05, 4.69) is 0 Å². The van der Waals surface area contributed by atoms with Crippen molar-refractivity contribution < 1.29 is 46.3 Å². The van der Waals surface area contributed by atoms with E-state index in [-0.39, 0.29) is 30.3 Å². The van der Waals surface area contributed by atoms with E-state index < -0.39 is 42.6 Å². The van der Waals surface area contributed by atoms with E-state index in [4.69, 9.17) is 19.7 Å². The zero-order chi connectivity index (χ0) is 36.5. The molecular formula is C38H49F3NO7P. The van der Waals surface area contributed by atoms with Gasteiger partial charge < -0.3 is 25.0 Å². The second-order valence-electron chi connectivity index (χ2n) is 15.4. The highest BCUT2D eigenvalue weighted by Crippen LogP contribution is 2.51. The number of hydrogen-bond acceptors (Lipinski definition) is 5. The topological polar surface area (TPSA) is 128 Å². The van der Waals surface area contributed by atoms with E-state index in [9.17, 15) is 32.3 Å². The zero-order valence-corrected chi connectivity index (χ0v) is 30.1. The number of phosphoric acid groups is 1. The molecule has 50 heavy (non-hydrogen) atoms. The molecule has 1 spiro atoms. The number of hydrogen-bond donors (Lipinski definition) is 3. The third-order valence-corrected chi connectivity index (χ3v) is 11.5. The second-order valence-corrected chi connectivity index (χ2v) is 16.7. The summed E-state index contributed by atoms with van der Waals surface area (Å²) in [7, 11) is -4.75. The number of nitrogens with two attached hydrogens (primary N) is 1. The lowest BCUT2D eigenvalue weighted by Gasteiger charge is -2.44. The summed E-state index contributed by atoms with van der Waals surface area (Å²) in [5.41, 5.74) is 4.78. The standard InChI is InChI=1S/C38H49F3NO7P/c1-35(2,3)32(23-25-10-6-7-11-27(25)24-47-50(44,45)46)36(4,49-34(42)43)28-13-14-30-26(22-28)12-15-31(33(30)38(39,40)41)48-29-16-20-37(21-17-29)18-8-5-9-19-37/h6-7,10-15,22,29,32H,5,8-9,16-21,23-24H2,1-4H3,(H2,42,43)(H2,44,45,46)/t32?,36-/m0/s1. The molecule has 4 N–H and O–H groups in total. The van der Waals surface area contributed by atoms with Crippen LogP contribution in [-0.4, -0.2) is 22.0 Å². The van der Waals surface area contributed by atoms with Gasteiger partial charge in [0.1, 0.15) is 16.9 Å². The van der Waals surface area contributed by atoms with Crippen LogP contribution in [0.4, 0.5) is 18.0 Å². The maximum absolute atomic E-state index is 14.8. The summed E-state index contributed by atoms with van der Waals surface area (Å²) in [5.74, 6) is -0.695. The number of ether oxygens (including phenoxy) is 2. The van der Waals surface area contributed by atoms with Crippen molar-refractivity contribution in [2.45, 2.75) is 116 Å². The van der Waals surface area contributed by atoms with Crippen molar-refractivity contribution in [3.63, 3.8) is 0 Å². The molecule has 0 bridgehead atoms. The molecule has 0 saturated heterocycles. The largest absolute Gasteiger partial charge is 0.490 e. The molecule has 0 heterocycles. The van der Waals surface area contributed by atoms with Crippen LogP contribution in [0.2, 0.25) is 0 Å². The maximum Gasteiger partial charge on any atom is 0.469 e. The Morgan fingerprint density at radius 3 is 2.16 bits per heavy atom. The molecule has 2 aliphatic carbocycles. The Morgan fingerprint density at radius 2 is 1.58 bits per heavy atom. The molecule has 2 atom stereocenters. The van der Waals surface area contributed by atoms with Gasteiger partial charge in [0.25, 0.3) is 0 Å². The number of phosphoric ester groups is 1. The molecule has 2 aliphatic rings. The van der Waals surface area contributed by atoms with E-state index >= 15 is 0 Å². The number of benzene rings is 3. The molecule has 3 aromatic carbocycles. The van der Waals surface area contributed by atoms with Gasteiger partial charge in [-0.05, 0) is 102 Å². The van der Waals surface area contributed by atoms with Gasteiger partial charge in [-0.3, -0.25) is 4.52 Å². The van der Waals surface area contributed by atoms with Crippen molar-refractivity contribution in [2.24, 2.45) is 22.5 Å². The first-order valence-corrected chi connectivity index (χ1v) is 18.9. The van der Waals surface area contributed by atoms with Crippen molar-refractivity contribution in [1.29, 1.82) is 0 Å². The number of primary amides is 1. The van der Waals surface area contributed by atoms with Crippen LogP contribution in [0.15, 0.2) is 54.6 Å². The molecule has 274 valence electrons. The molecule has 2 fully saturated rings. The van der Waals surface area contributed by atoms with Gasteiger partial charge in [-0.25, -0.2) is 9.36 Å². The number of carbonyl (C=O) groups excluding carboxylic acids is 1. The SMILES string of the molecule is CC(C)(C)C(Cc1ccccc1COP(=O)(O)O)[C@@](C)(OC(N)=O)c1ccc2c(C(F)(F)F)c(OC3CCC4(CCCCC4)CC3)ccc2c1. The van der Waals surface area contributed by atoms with Crippen LogP contribution in [0.25, 0.3) is 10.8 Å². The van der Waals surface area contributed by atoms with E-state index in [1.54, 1.807) is 49.4 Å². The van der Waals surface area contributed by atoms with Crippen molar-refractivity contribution in [2.75, 3.05) is 0 Å². The predicted molar refractivity (Wildman–Crippen MR) is 185 cm³/mol. The summed E-state index contributed by atoms with van der Waals surface area (Å²) < 4.78 is 72.7. The first kappa shape index (κ1) is 38.1. The number of rotatable bonds is 10. The Bertz CT molecular complexity index is 1720. The minimum Gasteiger partial charge on any atom is -0.490 e. The van der Waals surface area contributed by atoms with E-state index in [0.29, 0.717) is 27.5 Å². The van der Waals surface area contributed by atoms with Gasteiger partial charge >= 0.3 is 20.1 Å². The average Bonchev–Trinajstić information content (AvgIpc) is 3.02. The summed E-state index contributed by atoms with van der Waals surface area (Å²) in [6.07, 6.45) is 3.74. The summed E-state index contributed by atoms with van der Waals surface area (Å²) in [5, 5.41) is 0.279. The molecule has 0 radical (unpaired) electrons. The number of alkyl halides is 3. The Labute approximate surface area is 292 Å². The van der Waals surface area contributed by atoms with Crippen LogP contribution in [0.3, 0.4) is 0 Å². The summed E-state index contributed by atoms with van der Waals surface area (Å²) in [4.78, 5) is 31.1. The van der Waals surface area contributed by atoms with E-state index in [1.165, 1.54) is 44.2 Å². The summed E-state index contributed by atoms with van der Waals surface area (Å²) >= 11 is 0. The highest BCUT2D eigenvalue weighted by molar-refractivity contribution is 7.46. The van der Waals surface area contributed by atoms with Crippen molar-refractivity contribution >= 4 is 24.7 Å². The van der Waals surface area contributed by atoms with Gasteiger partial charge in [0.2, 0.25) is 0 Å². The number of amides is 1. The summed E-state index contributed by atoms with van der Waals surface area (Å²) in [6, 6.07) is 14.5. The smallest absolute Gasteiger partial charge is 0.469 e. The van der Waals surface area contributed by atoms with Crippen LogP contribution in [0, 0.1) is 16.7 Å². The first-order valence-electron chi connectivity index (χ1n) is 17.4. The van der Waals surface area contributed by atoms with Crippen molar-refractivity contribution in [3.05, 3.63) is 76.9 Å². The monoisotopic (exact) mass is 719 g/mol. The van der Waals surface area contributed by atoms with Gasteiger partial charge in [-0.15, -0.1) is 0 Å². The quantitative estimate of drug-likeness (QED) is 0.178. The van der Waals surface area contributed by atoms with E-state index in [0.717, 1.165) is 25.7 Å².